The van der Waals surface area contributed by atoms with Crippen molar-refractivity contribution in [2.75, 3.05) is 26.0 Å². The van der Waals surface area contributed by atoms with E-state index >= 15 is 0 Å². The monoisotopic (exact) mass is 396 g/mol. The summed E-state index contributed by atoms with van der Waals surface area (Å²) >= 11 is 1.16. The van der Waals surface area contributed by atoms with Crippen LogP contribution < -0.4 is 0 Å². The zero-order valence-corrected chi connectivity index (χ0v) is 16.0. The van der Waals surface area contributed by atoms with Crippen molar-refractivity contribution >= 4 is 27.8 Å². The van der Waals surface area contributed by atoms with Gasteiger partial charge in [0.2, 0.25) is 15.2 Å². The zero-order valence-electron chi connectivity index (χ0n) is 14.3. The molecule has 2 aromatic rings. The Kier molecular flexibility index (Phi) is 5.94. The lowest BCUT2D eigenvalue weighted by atomic mass is 10.2. The van der Waals surface area contributed by atoms with Gasteiger partial charge in [-0.3, -0.25) is 9.89 Å². The molecule has 1 aromatic carbocycles. The van der Waals surface area contributed by atoms with Gasteiger partial charge in [-0.2, -0.15) is 4.31 Å². The molecule has 1 fully saturated rings. The van der Waals surface area contributed by atoms with E-state index in [1.54, 1.807) is 28.6 Å². The second kappa shape index (κ2) is 8.19. The molecule has 3 rings (SSSR count). The van der Waals surface area contributed by atoms with Gasteiger partial charge in [0.05, 0.1) is 17.8 Å². The van der Waals surface area contributed by atoms with E-state index in [0.717, 1.165) is 36.6 Å². The van der Waals surface area contributed by atoms with Crippen molar-refractivity contribution < 1.29 is 17.9 Å². The summed E-state index contributed by atoms with van der Waals surface area (Å²) in [5.41, 5.74) is 0.722. The Morgan fingerprint density at radius 3 is 2.58 bits per heavy atom. The Hall–Kier alpha value is -1.91. The fraction of sp³-hybridized carbons (Fsp3) is 0.438. The van der Waals surface area contributed by atoms with E-state index in [0.29, 0.717) is 24.1 Å². The van der Waals surface area contributed by atoms with Crippen molar-refractivity contribution in [2.45, 2.75) is 29.3 Å². The Labute approximate surface area is 156 Å². The number of carbonyl (C=O) groups excluding carboxylic acids is 1. The predicted molar refractivity (Wildman–Crippen MR) is 97.2 cm³/mol. The lowest BCUT2D eigenvalue weighted by molar-refractivity contribution is -0.137. The number of esters is 1. The zero-order chi connectivity index (χ0) is 18.6. The Balaban J connectivity index is 1.71. The van der Waals surface area contributed by atoms with Crippen LogP contribution in [-0.4, -0.2) is 59.8 Å². The average Bonchev–Trinajstić information content (AvgIpc) is 3.16. The highest BCUT2D eigenvalue weighted by Gasteiger charge is 2.25. The number of nitrogens with one attached hydrogen (secondary N) is 1. The maximum Gasteiger partial charge on any atom is 0.316 e. The highest BCUT2D eigenvalue weighted by molar-refractivity contribution is 7.99. The highest BCUT2D eigenvalue weighted by Crippen LogP contribution is 2.24. The number of carbonyl (C=O) groups is 1. The minimum absolute atomic E-state index is 0.126. The van der Waals surface area contributed by atoms with Crippen molar-refractivity contribution in [3.63, 3.8) is 0 Å². The first-order chi connectivity index (χ1) is 12.5. The summed E-state index contributed by atoms with van der Waals surface area (Å²) in [5, 5.41) is 7.25. The Morgan fingerprint density at radius 2 is 1.92 bits per heavy atom. The molecule has 8 nitrogen and oxygen atoms in total. The molecule has 0 unspecified atom stereocenters. The molecule has 1 aromatic heterocycles. The van der Waals surface area contributed by atoms with Gasteiger partial charge in [0, 0.05) is 18.7 Å². The third-order valence-electron chi connectivity index (χ3n) is 4.09. The number of thioether (sulfide) groups is 1. The van der Waals surface area contributed by atoms with Crippen molar-refractivity contribution in [3.8, 4) is 11.4 Å². The molecule has 0 spiro atoms. The van der Waals surface area contributed by atoms with Gasteiger partial charge in [0.1, 0.15) is 0 Å². The molecule has 1 N–H and O–H groups in total. The number of hydrogen-bond donors (Lipinski definition) is 1. The molecule has 0 bridgehead atoms. The summed E-state index contributed by atoms with van der Waals surface area (Å²) in [6.45, 7) is 1.15. The van der Waals surface area contributed by atoms with Crippen LogP contribution in [0.5, 0.6) is 0 Å². The number of H-pyrrole nitrogens is 1. The smallest absolute Gasteiger partial charge is 0.316 e. The number of rotatable bonds is 6. The summed E-state index contributed by atoms with van der Waals surface area (Å²) in [5.74, 6) is 0.286. The van der Waals surface area contributed by atoms with E-state index in [4.69, 9.17) is 0 Å². The summed E-state index contributed by atoms with van der Waals surface area (Å²) in [4.78, 5) is 15.7. The molecule has 0 saturated carbocycles. The number of aromatic amines is 1. The number of nitrogens with zero attached hydrogens (tertiary/aromatic N) is 3. The van der Waals surface area contributed by atoms with E-state index in [-0.39, 0.29) is 16.6 Å². The van der Waals surface area contributed by atoms with Crippen LogP contribution in [0.25, 0.3) is 11.4 Å². The molecule has 26 heavy (non-hydrogen) atoms. The van der Waals surface area contributed by atoms with Gasteiger partial charge in [-0.25, -0.2) is 13.4 Å². The number of hydrogen-bond acceptors (Lipinski definition) is 7. The predicted octanol–water partition coefficient (Wildman–Crippen LogP) is 1.91. The van der Waals surface area contributed by atoms with Crippen LogP contribution >= 0.6 is 11.8 Å². The van der Waals surface area contributed by atoms with Gasteiger partial charge in [-0.05, 0) is 37.1 Å². The summed E-state index contributed by atoms with van der Waals surface area (Å²) in [6.07, 6.45) is 2.88. The van der Waals surface area contributed by atoms with E-state index in [1.165, 1.54) is 7.11 Å². The molecule has 140 valence electrons. The second-order valence-corrected chi connectivity index (χ2v) is 8.70. The SMILES string of the molecule is COC(=O)CSc1n[nH]c(-c2ccc(S(=O)(=O)N3CCCCC3)cc2)n1. The number of aromatic nitrogens is 3. The molecule has 1 saturated heterocycles. The van der Waals surface area contributed by atoms with Crippen LogP contribution in [0.2, 0.25) is 0 Å². The first-order valence-corrected chi connectivity index (χ1v) is 10.7. The van der Waals surface area contributed by atoms with Crippen LogP contribution in [0.1, 0.15) is 19.3 Å². The van der Waals surface area contributed by atoms with Gasteiger partial charge in [-0.15, -0.1) is 5.10 Å². The van der Waals surface area contributed by atoms with Crippen LogP contribution in [0.4, 0.5) is 0 Å². The number of sulfonamides is 1. The standard InChI is InChI=1S/C16H20N4O4S2/c1-24-14(21)11-25-16-17-15(18-19-16)12-5-7-13(8-6-12)26(22,23)20-9-3-2-4-10-20/h5-8H,2-4,9-11H2,1H3,(H,17,18,19). The van der Waals surface area contributed by atoms with E-state index < -0.39 is 10.0 Å². The fourth-order valence-electron chi connectivity index (χ4n) is 2.66. The Morgan fingerprint density at radius 1 is 1.23 bits per heavy atom. The average molecular weight is 396 g/mol. The van der Waals surface area contributed by atoms with Crippen molar-refractivity contribution in [1.29, 1.82) is 0 Å². The maximum atomic E-state index is 12.7. The Bertz CT molecular complexity index is 859. The van der Waals surface area contributed by atoms with Gasteiger partial charge in [0.25, 0.3) is 0 Å². The van der Waals surface area contributed by atoms with Gasteiger partial charge in [0.15, 0.2) is 5.82 Å². The minimum Gasteiger partial charge on any atom is -0.468 e. The first kappa shape index (κ1) is 18.9. The largest absolute Gasteiger partial charge is 0.468 e. The van der Waals surface area contributed by atoms with E-state index in [2.05, 4.69) is 19.9 Å². The van der Waals surface area contributed by atoms with Gasteiger partial charge >= 0.3 is 5.97 Å². The number of piperidine rings is 1. The molecule has 2 heterocycles. The normalized spacial score (nSPS) is 15.7. The summed E-state index contributed by atoms with van der Waals surface area (Å²) < 4.78 is 31.4. The van der Waals surface area contributed by atoms with E-state index in [9.17, 15) is 13.2 Å². The van der Waals surface area contributed by atoms with E-state index in [1.807, 2.05) is 0 Å². The number of benzene rings is 1. The molecule has 0 amide bonds. The lowest BCUT2D eigenvalue weighted by Gasteiger charge is -2.25. The molecule has 1 aliphatic heterocycles. The van der Waals surface area contributed by atoms with Gasteiger partial charge in [-0.1, -0.05) is 18.2 Å². The van der Waals surface area contributed by atoms with Crippen molar-refractivity contribution in [1.82, 2.24) is 19.5 Å². The third-order valence-corrected chi connectivity index (χ3v) is 6.83. The van der Waals surface area contributed by atoms with Crippen molar-refractivity contribution in [2.24, 2.45) is 0 Å². The second-order valence-electron chi connectivity index (χ2n) is 5.82. The van der Waals surface area contributed by atoms with Crippen molar-refractivity contribution in [3.05, 3.63) is 24.3 Å². The molecule has 1 aliphatic rings. The number of methoxy groups -OCH3 is 1. The number of ether oxygens (including phenoxy) is 1. The summed E-state index contributed by atoms with van der Waals surface area (Å²) in [6, 6.07) is 6.57. The van der Waals surface area contributed by atoms with Crippen LogP contribution in [-0.2, 0) is 19.6 Å². The highest BCUT2D eigenvalue weighted by atomic mass is 32.2. The third kappa shape index (κ3) is 4.25. The summed E-state index contributed by atoms with van der Waals surface area (Å²) in [7, 11) is -2.12. The molecule has 10 heteroatoms. The minimum atomic E-state index is -3.45. The molecule has 0 radical (unpaired) electrons. The first-order valence-electron chi connectivity index (χ1n) is 8.23. The van der Waals surface area contributed by atoms with Crippen LogP contribution in [0.15, 0.2) is 34.3 Å². The quantitative estimate of drug-likeness (QED) is 0.587. The maximum absolute atomic E-state index is 12.7. The molecular weight excluding hydrogens is 376 g/mol. The fourth-order valence-corrected chi connectivity index (χ4v) is 4.81. The van der Waals surface area contributed by atoms with Crippen LogP contribution in [0.3, 0.4) is 0 Å². The lowest BCUT2D eigenvalue weighted by Crippen LogP contribution is -2.35. The molecule has 0 aliphatic carbocycles. The van der Waals surface area contributed by atoms with Crippen LogP contribution in [0, 0.1) is 0 Å². The molecular formula is C16H20N4O4S2. The molecule has 0 atom stereocenters. The van der Waals surface area contributed by atoms with Gasteiger partial charge < -0.3 is 4.74 Å². The topological polar surface area (TPSA) is 105 Å².